The smallest absolute Gasteiger partial charge is 0.463 e. The number of hydrogen-bond acceptors (Lipinski definition) is 7. The number of carbonyl (C=O) groups excluding carboxylic acids is 1. The van der Waals surface area contributed by atoms with Gasteiger partial charge in [0, 0.05) is 19.6 Å². The van der Waals surface area contributed by atoms with E-state index in [0.29, 0.717) is 13.0 Å². The third-order valence-corrected chi connectivity index (χ3v) is 18.6. The largest absolute Gasteiger partial charge is 0.472 e. The van der Waals surface area contributed by atoms with Crippen LogP contribution in [0.15, 0.2) is 0 Å². The molecule has 0 saturated heterocycles. The first kappa shape index (κ1) is 37.1. The fraction of sp³-hybridized carbons (Fsp3) is 0.977. The van der Waals surface area contributed by atoms with Crippen LogP contribution in [0.25, 0.3) is 0 Å². The number of nitrogens with two attached hydrogens (primary N) is 1. The van der Waals surface area contributed by atoms with Crippen molar-refractivity contribution in [3.05, 3.63) is 0 Å². The SMILES string of the molecule is NCCOP(=O)(O)OC[C@@H](COC(=O)CCCCCC1CC2C1C1C3C4CCC4C3C21)OCCCCCCCCC1CCC2C(C1)C1C3CCC3C21. The Bertz CT molecular complexity index is 1290. The molecule has 9 aliphatic rings. The molecule has 18 atom stereocenters. The van der Waals surface area contributed by atoms with Gasteiger partial charge in [-0.05, 0) is 152 Å². The number of hydrogen-bond donors (Lipinski definition) is 2. The summed E-state index contributed by atoms with van der Waals surface area (Å²) in [6, 6.07) is 0. The van der Waals surface area contributed by atoms with E-state index in [-0.39, 0.29) is 32.3 Å². The zero-order valence-electron chi connectivity index (χ0n) is 31.9. The fourth-order valence-electron chi connectivity index (χ4n) is 15.1. The number of esters is 1. The minimum absolute atomic E-state index is 0.0127. The third-order valence-electron chi connectivity index (χ3n) is 17.6. The van der Waals surface area contributed by atoms with E-state index < -0.39 is 13.9 Å². The molecule has 0 heterocycles. The van der Waals surface area contributed by atoms with Crippen molar-refractivity contribution in [2.45, 2.75) is 135 Å². The number of unbranched alkanes of at least 4 members (excludes halogenated alkanes) is 7. The maximum absolute atomic E-state index is 12.6. The number of phosphoric ester groups is 1. The standard InChI is InChI=1S/C43H70NO7P/c44-19-21-50-52(46,47)51-25-28(48-20-9-4-2-1-3-6-10-26-13-14-33-34(22-26)39-30-16-15-29(30)38(33)39)24-49-36(45)12-8-5-7-11-27-23-35-37(27)43-41-32-18-17-31(32)40(41)42(35)43/h26-35,37-43H,1-25,44H2,(H,46,47)/t26?,27?,28-,29?,30?,31?,32?,33?,34?,35?,37?,38?,39?,40?,41?,42?,43?/m1/s1. The van der Waals surface area contributed by atoms with E-state index >= 15 is 0 Å². The second-order valence-electron chi connectivity index (χ2n) is 19.6. The molecule has 9 saturated carbocycles. The van der Waals surface area contributed by atoms with E-state index in [4.69, 9.17) is 24.3 Å². The van der Waals surface area contributed by atoms with Crippen molar-refractivity contribution < 1.29 is 32.8 Å². The lowest BCUT2D eigenvalue weighted by Crippen LogP contribution is -2.80. The van der Waals surface area contributed by atoms with Crippen LogP contribution in [0.3, 0.4) is 0 Å². The van der Waals surface area contributed by atoms with Crippen LogP contribution >= 0.6 is 7.82 Å². The van der Waals surface area contributed by atoms with Crippen molar-refractivity contribution in [1.82, 2.24) is 0 Å². The molecule has 17 unspecified atom stereocenters. The van der Waals surface area contributed by atoms with Gasteiger partial charge in [0.25, 0.3) is 0 Å². The van der Waals surface area contributed by atoms with Gasteiger partial charge in [0.15, 0.2) is 0 Å². The molecule has 0 aromatic heterocycles. The molecule has 0 aliphatic heterocycles. The van der Waals surface area contributed by atoms with Crippen molar-refractivity contribution in [2.75, 3.05) is 33.0 Å². The molecule has 9 rings (SSSR count). The summed E-state index contributed by atoms with van der Waals surface area (Å²) >= 11 is 0. The molecule has 9 aliphatic carbocycles. The summed E-state index contributed by atoms with van der Waals surface area (Å²) in [5, 5.41) is 0. The predicted octanol–water partition coefficient (Wildman–Crippen LogP) is 8.79. The zero-order valence-corrected chi connectivity index (χ0v) is 32.8. The van der Waals surface area contributed by atoms with Crippen molar-refractivity contribution in [1.29, 1.82) is 0 Å². The van der Waals surface area contributed by atoms with Crippen LogP contribution in [0.5, 0.6) is 0 Å². The Morgan fingerprint density at radius 1 is 0.615 bits per heavy atom. The van der Waals surface area contributed by atoms with Crippen molar-refractivity contribution >= 4 is 13.8 Å². The van der Waals surface area contributed by atoms with Crippen molar-refractivity contribution in [3.8, 4) is 0 Å². The maximum Gasteiger partial charge on any atom is 0.472 e. The summed E-state index contributed by atoms with van der Waals surface area (Å²) in [6.07, 6.45) is 25.1. The molecule has 8 nitrogen and oxygen atoms in total. The van der Waals surface area contributed by atoms with E-state index in [1.807, 2.05) is 0 Å². The van der Waals surface area contributed by atoms with Crippen LogP contribution < -0.4 is 5.73 Å². The number of rotatable bonds is 24. The first-order valence-electron chi connectivity index (χ1n) is 22.5. The Balaban J connectivity index is 0.607. The van der Waals surface area contributed by atoms with Gasteiger partial charge in [-0.3, -0.25) is 13.8 Å². The highest BCUT2D eigenvalue weighted by Crippen LogP contribution is 2.84. The number of carbonyl (C=O) groups is 1. The summed E-state index contributed by atoms with van der Waals surface area (Å²) in [6.45, 7) is 0.401. The highest BCUT2D eigenvalue weighted by molar-refractivity contribution is 7.47. The van der Waals surface area contributed by atoms with Gasteiger partial charge in [-0.25, -0.2) is 4.57 Å². The quantitative estimate of drug-likeness (QED) is 0.0436. The van der Waals surface area contributed by atoms with Crippen LogP contribution in [0, 0.1) is 94.7 Å². The summed E-state index contributed by atoms with van der Waals surface area (Å²) < 4.78 is 33.9. The molecular weight excluding hydrogens is 673 g/mol. The second-order valence-corrected chi connectivity index (χ2v) is 21.0. The summed E-state index contributed by atoms with van der Waals surface area (Å²) in [4.78, 5) is 22.6. The Morgan fingerprint density at radius 2 is 1.23 bits per heavy atom. The highest BCUT2D eigenvalue weighted by Gasteiger charge is 2.79. The van der Waals surface area contributed by atoms with Gasteiger partial charge in [-0.2, -0.15) is 0 Å². The van der Waals surface area contributed by atoms with Gasteiger partial charge in [0.1, 0.15) is 12.7 Å². The lowest BCUT2D eigenvalue weighted by Gasteiger charge is -2.85. The molecule has 294 valence electrons. The zero-order chi connectivity index (χ0) is 35.4. The van der Waals surface area contributed by atoms with Gasteiger partial charge in [0.05, 0.1) is 13.2 Å². The normalized spacial score (nSPS) is 45.1. The number of phosphoric acid groups is 1. The summed E-state index contributed by atoms with van der Waals surface area (Å²) in [7, 11) is -4.24. The lowest BCUT2D eigenvalue weighted by molar-refractivity contribution is -0.375. The molecule has 0 aromatic rings. The summed E-state index contributed by atoms with van der Waals surface area (Å²) in [5.41, 5.74) is 5.41. The third kappa shape index (κ3) is 6.84. The van der Waals surface area contributed by atoms with Crippen LogP contribution in [-0.4, -0.2) is 49.9 Å². The van der Waals surface area contributed by atoms with E-state index in [1.165, 1.54) is 77.0 Å². The van der Waals surface area contributed by atoms with Crippen molar-refractivity contribution in [2.24, 2.45) is 100 Å². The Hall–Kier alpha value is -0.500. The molecular formula is C43H70NO7P. The minimum Gasteiger partial charge on any atom is -0.463 e. The maximum atomic E-state index is 12.6. The van der Waals surface area contributed by atoms with Gasteiger partial charge in [0.2, 0.25) is 0 Å². The number of ether oxygens (including phenoxy) is 2. The molecule has 3 N–H and O–H groups in total. The van der Waals surface area contributed by atoms with Crippen LogP contribution in [0.1, 0.15) is 128 Å². The first-order chi connectivity index (χ1) is 25.4. The molecule has 0 spiro atoms. The van der Waals surface area contributed by atoms with Gasteiger partial charge in [-0.15, -0.1) is 0 Å². The molecule has 9 fully saturated rings. The molecule has 0 bridgehead atoms. The van der Waals surface area contributed by atoms with E-state index in [2.05, 4.69) is 0 Å². The average Bonchev–Trinajstić information content (AvgIpc) is 3.10. The topological polar surface area (TPSA) is 117 Å². The first-order valence-corrected chi connectivity index (χ1v) is 24.0. The van der Waals surface area contributed by atoms with Gasteiger partial charge in [-0.1, -0.05) is 64.2 Å². The lowest BCUT2D eigenvalue weighted by atomic mass is 9.20. The monoisotopic (exact) mass is 743 g/mol. The predicted molar refractivity (Wildman–Crippen MR) is 200 cm³/mol. The minimum atomic E-state index is -4.24. The summed E-state index contributed by atoms with van der Waals surface area (Å²) in [5.74, 6) is 17.5. The van der Waals surface area contributed by atoms with Gasteiger partial charge >= 0.3 is 13.8 Å². The Morgan fingerprint density at radius 3 is 2.00 bits per heavy atom. The molecule has 52 heavy (non-hydrogen) atoms. The second kappa shape index (κ2) is 15.8. The Labute approximate surface area is 313 Å². The van der Waals surface area contributed by atoms with Gasteiger partial charge < -0.3 is 20.1 Å². The fourth-order valence-corrected chi connectivity index (χ4v) is 15.9. The van der Waals surface area contributed by atoms with Crippen LogP contribution in [-0.2, 0) is 27.9 Å². The Kier molecular flexibility index (Phi) is 11.3. The van der Waals surface area contributed by atoms with E-state index in [9.17, 15) is 14.3 Å². The number of fused-ring (bicyclic) bond motifs is 17. The molecule has 0 aromatic carbocycles. The highest BCUT2D eigenvalue weighted by atomic mass is 31.2. The molecule has 0 radical (unpaired) electrons. The van der Waals surface area contributed by atoms with E-state index in [1.54, 1.807) is 19.3 Å². The van der Waals surface area contributed by atoms with E-state index in [0.717, 1.165) is 120 Å². The molecule has 9 heteroatoms. The molecule has 0 amide bonds. The van der Waals surface area contributed by atoms with Crippen LogP contribution in [0.2, 0.25) is 0 Å². The van der Waals surface area contributed by atoms with Crippen molar-refractivity contribution in [3.63, 3.8) is 0 Å². The average molecular weight is 744 g/mol. The van der Waals surface area contributed by atoms with Crippen LogP contribution in [0.4, 0.5) is 0 Å².